The predicted molar refractivity (Wildman–Crippen MR) is 98.9 cm³/mol. The number of halogens is 1. The average molecular weight is 440 g/mol. The molecule has 0 aliphatic carbocycles. The topological polar surface area (TPSA) is 128 Å². The number of primary amides is 1. The molecule has 0 saturated carbocycles. The van der Waals surface area contributed by atoms with Gasteiger partial charge in [0, 0.05) is 10.0 Å². The Kier molecular flexibility index (Phi) is 6.87. The molecule has 2 rings (SSSR count). The fourth-order valence-electron chi connectivity index (χ4n) is 1.82. The van der Waals surface area contributed by atoms with Crippen molar-refractivity contribution >= 4 is 56.0 Å². The molecule has 0 spiro atoms. The van der Waals surface area contributed by atoms with Crippen molar-refractivity contribution in [2.75, 3.05) is 18.5 Å². The highest BCUT2D eigenvalue weighted by Gasteiger charge is 2.14. The smallest absolute Gasteiger partial charge is 0.325 e. The Morgan fingerprint density at radius 3 is 2.46 bits per heavy atom. The Labute approximate surface area is 160 Å². The van der Waals surface area contributed by atoms with Gasteiger partial charge in [-0.1, -0.05) is 15.9 Å². The Morgan fingerprint density at radius 1 is 1.12 bits per heavy atom. The molecule has 4 N–H and O–H groups in total. The zero-order valence-corrected chi connectivity index (χ0v) is 15.7. The predicted octanol–water partition coefficient (Wildman–Crippen LogP) is 1.52. The van der Waals surface area contributed by atoms with Gasteiger partial charge >= 0.3 is 5.97 Å². The van der Waals surface area contributed by atoms with E-state index in [1.807, 2.05) is 0 Å². The van der Waals surface area contributed by atoms with E-state index in [0.29, 0.717) is 5.56 Å². The van der Waals surface area contributed by atoms with Crippen molar-refractivity contribution < 1.29 is 23.9 Å². The molecule has 0 atom stereocenters. The molecule has 26 heavy (non-hydrogen) atoms. The largest absolute Gasteiger partial charge is 0.454 e. The van der Waals surface area contributed by atoms with Crippen molar-refractivity contribution in [1.82, 2.24) is 5.32 Å². The average Bonchev–Trinajstić information content (AvgIpc) is 3.06. The molecule has 10 heteroatoms. The molecule has 1 heterocycles. The highest BCUT2D eigenvalue weighted by atomic mass is 79.9. The zero-order valence-electron chi connectivity index (χ0n) is 13.3. The monoisotopic (exact) mass is 439 g/mol. The maximum atomic E-state index is 11.9. The number of hydrogen-bond donors (Lipinski definition) is 3. The van der Waals surface area contributed by atoms with Crippen molar-refractivity contribution in [2.45, 2.75) is 0 Å². The molecule has 3 amide bonds. The zero-order chi connectivity index (χ0) is 19.1. The third-order valence-corrected chi connectivity index (χ3v) is 4.41. The summed E-state index contributed by atoms with van der Waals surface area (Å²) in [5.74, 6) is -2.51. The van der Waals surface area contributed by atoms with Crippen LogP contribution < -0.4 is 16.4 Å². The summed E-state index contributed by atoms with van der Waals surface area (Å²) < 4.78 is 5.60. The Bertz CT molecular complexity index is 835. The number of esters is 1. The van der Waals surface area contributed by atoms with Gasteiger partial charge in [-0.3, -0.25) is 19.2 Å². The second-order valence-corrected chi connectivity index (χ2v) is 6.76. The molecule has 8 nitrogen and oxygen atoms in total. The first kappa shape index (κ1) is 19.6. The number of amides is 3. The minimum absolute atomic E-state index is 0.177. The molecule has 0 bridgehead atoms. The van der Waals surface area contributed by atoms with Crippen LogP contribution in [0.1, 0.15) is 20.7 Å². The summed E-state index contributed by atoms with van der Waals surface area (Å²) >= 11 is 4.38. The molecule has 0 saturated heterocycles. The highest BCUT2D eigenvalue weighted by molar-refractivity contribution is 9.10. The van der Waals surface area contributed by atoms with E-state index in [1.54, 1.807) is 29.6 Å². The first-order chi connectivity index (χ1) is 12.4. The number of carbonyl (C=O) groups is 4. The van der Waals surface area contributed by atoms with Gasteiger partial charge in [0.05, 0.1) is 5.56 Å². The molecular formula is C16H14BrN3O5S. The maximum Gasteiger partial charge on any atom is 0.325 e. The van der Waals surface area contributed by atoms with Crippen molar-refractivity contribution in [2.24, 2.45) is 5.73 Å². The number of thiophene rings is 1. The summed E-state index contributed by atoms with van der Waals surface area (Å²) in [6.45, 7) is -0.934. The van der Waals surface area contributed by atoms with Crippen LogP contribution in [0.15, 0.2) is 40.2 Å². The van der Waals surface area contributed by atoms with Gasteiger partial charge in [-0.25, -0.2) is 0 Å². The van der Waals surface area contributed by atoms with E-state index in [2.05, 4.69) is 26.6 Å². The normalized spacial score (nSPS) is 10.0. The van der Waals surface area contributed by atoms with Gasteiger partial charge in [0.2, 0.25) is 0 Å². The van der Waals surface area contributed by atoms with Crippen LogP contribution in [-0.4, -0.2) is 36.8 Å². The number of nitrogens with two attached hydrogens (primary N) is 1. The fraction of sp³-hybridized carbons (Fsp3) is 0.125. The molecule has 136 valence electrons. The van der Waals surface area contributed by atoms with Crippen molar-refractivity contribution in [3.05, 3.63) is 51.3 Å². The third kappa shape index (κ3) is 5.67. The lowest BCUT2D eigenvalue weighted by molar-refractivity contribution is -0.146. The quantitative estimate of drug-likeness (QED) is 0.563. The SMILES string of the molecule is NC(=O)c1ccsc1NC(=O)COC(=O)CNC(=O)c1ccc(Br)cc1. The van der Waals surface area contributed by atoms with Gasteiger partial charge < -0.3 is 21.1 Å². The van der Waals surface area contributed by atoms with Crippen LogP contribution in [0, 0.1) is 0 Å². The molecule has 1 aromatic heterocycles. The van der Waals surface area contributed by atoms with Crippen molar-refractivity contribution in [3.63, 3.8) is 0 Å². The summed E-state index contributed by atoms with van der Waals surface area (Å²) in [5.41, 5.74) is 5.73. The summed E-state index contributed by atoms with van der Waals surface area (Å²) in [6.07, 6.45) is 0. The van der Waals surface area contributed by atoms with Gasteiger partial charge in [-0.05, 0) is 35.7 Å². The van der Waals surface area contributed by atoms with E-state index in [-0.39, 0.29) is 17.1 Å². The molecule has 0 fully saturated rings. The van der Waals surface area contributed by atoms with Crippen LogP contribution in [0.4, 0.5) is 5.00 Å². The number of carbonyl (C=O) groups excluding carboxylic acids is 4. The molecule has 0 aliphatic heterocycles. The van der Waals surface area contributed by atoms with Crippen LogP contribution >= 0.6 is 27.3 Å². The van der Waals surface area contributed by atoms with E-state index < -0.39 is 30.3 Å². The first-order valence-electron chi connectivity index (χ1n) is 7.23. The van der Waals surface area contributed by atoms with E-state index >= 15 is 0 Å². The van der Waals surface area contributed by atoms with Crippen LogP contribution in [-0.2, 0) is 14.3 Å². The van der Waals surface area contributed by atoms with E-state index in [0.717, 1.165) is 15.8 Å². The van der Waals surface area contributed by atoms with E-state index in [9.17, 15) is 19.2 Å². The maximum absolute atomic E-state index is 11.9. The highest BCUT2D eigenvalue weighted by Crippen LogP contribution is 2.22. The number of hydrogen-bond acceptors (Lipinski definition) is 6. The molecular weight excluding hydrogens is 426 g/mol. The molecule has 1 aromatic carbocycles. The summed E-state index contributed by atoms with van der Waals surface area (Å²) in [7, 11) is 0. The summed E-state index contributed by atoms with van der Waals surface area (Å²) in [4.78, 5) is 46.4. The van der Waals surface area contributed by atoms with E-state index in [4.69, 9.17) is 10.5 Å². The number of ether oxygens (including phenoxy) is 1. The first-order valence-corrected chi connectivity index (χ1v) is 8.90. The third-order valence-electron chi connectivity index (χ3n) is 3.05. The minimum atomic E-state index is -0.771. The van der Waals surface area contributed by atoms with Gasteiger partial charge in [0.15, 0.2) is 6.61 Å². The second kappa shape index (κ2) is 9.11. The second-order valence-electron chi connectivity index (χ2n) is 4.93. The summed E-state index contributed by atoms with van der Waals surface area (Å²) in [6, 6.07) is 8.06. The van der Waals surface area contributed by atoms with Gasteiger partial charge in [0.25, 0.3) is 17.7 Å². The Hall–Kier alpha value is -2.72. The molecule has 0 unspecified atom stereocenters. The molecule has 0 aliphatic rings. The van der Waals surface area contributed by atoms with Crippen LogP contribution in [0.3, 0.4) is 0 Å². The lowest BCUT2D eigenvalue weighted by Gasteiger charge is -2.07. The van der Waals surface area contributed by atoms with Crippen molar-refractivity contribution in [3.8, 4) is 0 Å². The van der Waals surface area contributed by atoms with E-state index in [1.165, 1.54) is 6.07 Å². The van der Waals surface area contributed by atoms with Crippen LogP contribution in [0.2, 0.25) is 0 Å². The number of benzene rings is 1. The fourth-order valence-corrected chi connectivity index (χ4v) is 2.89. The Balaban J connectivity index is 1.75. The lowest BCUT2D eigenvalue weighted by Crippen LogP contribution is -2.32. The minimum Gasteiger partial charge on any atom is -0.454 e. The number of rotatable bonds is 7. The molecule has 0 radical (unpaired) electrons. The lowest BCUT2D eigenvalue weighted by atomic mass is 10.2. The van der Waals surface area contributed by atoms with Crippen LogP contribution in [0.25, 0.3) is 0 Å². The molecule has 2 aromatic rings. The standard InChI is InChI=1S/C16H14BrN3O5S/c17-10-3-1-9(2-4-10)15(24)19-7-13(22)25-8-12(21)20-16-11(14(18)23)5-6-26-16/h1-6H,7-8H2,(H2,18,23)(H,19,24)(H,20,21). The number of anilines is 1. The number of nitrogens with one attached hydrogen (secondary N) is 2. The van der Waals surface area contributed by atoms with Gasteiger partial charge in [-0.15, -0.1) is 11.3 Å². The summed E-state index contributed by atoms with van der Waals surface area (Å²) in [5, 5.41) is 6.70. The Morgan fingerprint density at radius 2 is 1.81 bits per heavy atom. The van der Waals surface area contributed by atoms with Crippen LogP contribution in [0.5, 0.6) is 0 Å². The van der Waals surface area contributed by atoms with Gasteiger partial charge in [0.1, 0.15) is 11.5 Å². The van der Waals surface area contributed by atoms with Gasteiger partial charge in [-0.2, -0.15) is 0 Å². The van der Waals surface area contributed by atoms with Crippen molar-refractivity contribution in [1.29, 1.82) is 0 Å².